The highest BCUT2D eigenvalue weighted by atomic mass is 16.5. The molecule has 4 rings (SSSR count). The normalized spacial score (nSPS) is 11.7. The van der Waals surface area contributed by atoms with Crippen molar-refractivity contribution in [1.82, 2.24) is 15.0 Å². The van der Waals surface area contributed by atoms with Crippen molar-refractivity contribution in [1.29, 1.82) is 0 Å². The van der Waals surface area contributed by atoms with Gasteiger partial charge in [0.15, 0.2) is 0 Å². The topological polar surface area (TPSA) is 110 Å². The Morgan fingerprint density at radius 2 is 1.79 bits per heavy atom. The minimum absolute atomic E-state index is 0.281. The van der Waals surface area contributed by atoms with Gasteiger partial charge >= 0.3 is 5.97 Å². The first-order valence-electron chi connectivity index (χ1n) is 10.6. The Morgan fingerprint density at radius 3 is 2.48 bits per heavy atom. The lowest BCUT2D eigenvalue weighted by Gasteiger charge is -2.14. The van der Waals surface area contributed by atoms with Gasteiger partial charge < -0.3 is 19.6 Å². The largest absolute Gasteiger partial charge is 0.493 e. The third-order valence-electron chi connectivity index (χ3n) is 5.05. The molecule has 0 aliphatic rings. The quantitative estimate of drug-likeness (QED) is 0.375. The summed E-state index contributed by atoms with van der Waals surface area (Å²) in [4.78, 5) is 24.2. The zero-order chi connectivity index (χ0) is 23.0. The number of aromatic nitrogens is 3. The fraction of sp³-hybridized carbons (Fsp3) is 0.200. The summed E-state index contributed by atoms with van der Waals surface area (Å²) in [5.41, 5.74) is 2.67. The van der Waals surface area contributed by atoms with E-state index in [1.807, 2.05) is 61.5 Å². The van der Waals surface area contributed by atoms with Gasteiger partial charge in [-0.05, 0) is 42.8 Å². The predicted octanol–water partition coefficient (Wildman–Crippen LogP) is 4.17. The number of anilines is 1. The van der Waals surface area contributed by atoms with Crippen LogP contribution in [0.3, 0.4) is 0 Å². The summed E-state index contributed by atoms with van der Waals surface area (Å²) in [5, 5.41) is 12.4. The molecule has 8 heteroatoms. The van der Waals surface area contributed by atoms with E-state index in [2.05, 4.69) is 20.3 Å². The third-order valence-corrected chi connectivity index (χ3v) is 5.05. The number of oxazole rings is 1. The molecule has 8 nitrogen and oxygen atoms in total. The van der Waals surface area contributed by atoms with E-state index >= 15 is 0 Å². The second-order valence-electron chi connectivity index (χ2n) is 7.44. The van der Waals surface area contributed by atoms with E-state index in [1.54, 1.807) is 18.5 Å². The lowest BCUT2D eigenvalue weighted by Crippen LogP contribution is -2.32. The number of carboxylic acids is 1. The van der Waals surface area contributed by atoms with Crippen LogP contribution in [0.4, 0.5) is 5.95 Å². The lowest BCUT2D eigenvalue weighted by molar-refractivity contribution is -0.137. The van der Waals surface area contributed by atoms with Gasteiger partial charge in [-0.3, -0.25) is 0 Å². The Labute approximate surface area is 191 Å². The number of nitrogens with one attached hydrogen (secondary N) is 1. The Bertz CT molecular complexity index is 1180. The monoisotopic (exact) mass is 444 g/mol. The van der Waals surface area contributed by atoms with Gasteiger partial charge in [0.25, 0.3) is 0 Å². The molecule has 0 amide bonds. The molecule has 0 saturated carbocycles. The number of rotatable bonds is 10. The van der Waals surface area contributed by atoms with Crippen molar-refractivity contribution in [2.45, 2.75) is 25.8 Å². The molecule has 0 bridgehead atoms. The zero-order valence-corrected chi connectivity index (χ0v) is 18.1. The van der Waals surface area contributed by atoms with Crippen molar-refractivity contribution >= 4 is 11.9 Å². The molecule has 2 aromatic heterocycles. The lowest BCUT2D eigenvalue weighted by atomic mass is 10.1. The number of aliphatic carboxylic acids is 1. The first-order valence-corrected chi connectivity index (χ1v) is 10.6. The molecule has 1 atom stereocenters. The van der Waals surface area contributed by atoms with Crippen molar-refractivity contribution in [3.05, 3.63) is 90.1 Å². The van der Waals surface area contributed by atoms with Crippen molar-refractivity contribution in [2.75, 3.05) is 11.9 Å². The van der Waals surface area contributed by atoms with Gasteiger partial charge in [-0.25, -0.2) is 19.7 Å². The SMILES string of the molecule is Cc1oc(-c2ccccc2)nc1CCOc1ccc(C[C@H](Nc2ncccn2)C(=O)O)cc1. The molecule has 168 valence electrons. The first-order chi connectivity index (χ1) is 16.1. The van der Waals surface area contributed by atoms with Crippen molar-refractivity contribution < 1.29 is 19.1 Å². The second-order valence-corrected chi connectivity index (χ2v) is 7.44. The highest BCUT2D eigenvalue weighted by Crippen LogP contribution is 2.22. The second kappa shape index (κ2) is 10.4. The molecule has 0 saturated heterocycles. The highest BCUT2D eigenvalue weighted by Gasteiger charge is 2.19. The summed E-state index contributed by atoms with van der Waals surface area (Å²) in [6.07, 6.45) is 4.02. The summed E-state index contributed by atoms with van der Waals surface area (Å²) in [7, 11) is 0. The summed E-state index contributed by atoms with van der Waals surface area (Å²) in [6.45, 7) is 2.35. The Kier molecular flexibility index (Phi) is 6.94. The minimum Gasteiger partial charge on any atom is -0.493 e. The molecule has 33 heavy (non-hydrogen) atoms. The van der Waals surface area contributed by atoms with E-state index in [1.165, 1.54) is 0 Å². The van der Waals surface area contributed by atoms with E-state index in [-0.39, 0.29) is 12.4 Å². The van der Waals surface area contributed by atoms with Crippen LogP contribution in [0.15, 0.2) is 77.5 Å². The summed E-state index contributed by atoms with van der Waals surface area (Å²) in [5.74, 6) is 1.40. The van der Waals surface area contributed by atoms with Crippen molar-refractivity contribution in [2.24, 2.45) is 0 Å². The summed E-state index contributed by atoms with van der Waals surface area (Å²) < 4.78 is 11.6. The number of hydrogen-bond donors (Lipinski definition) is 2. The number of carbonyl (C=O) groups is 1. The van der Waals surface area contributed by atoms with E-state index in [0.29, 0.717) is 24.7 Å². The highest BCUT2D eigenvalue weighted by molar-refractivity contribution is 5.77. The van der Waals surface area contributed by atoms with E-state index in [4.69, 9.17) is 9.15 Å². The van der Waals surface area contributed by atoms with Crippen LogP contribution in [0.2, 0.25) is 0 Å². The number of ether oxygens (including phenoxy) is 1. The predicted molar refractivity (Wildman–Crippen MR) is 123 cm³/mol. The molecule has 2 heterocycles. The van der Waals surface area contributed by atoms with E-state index in [9.17, 15) is 9.90 Å². The Hall–Kier alpha value is -4.20. The molecule has 0 unspecified atom stereocenters. The molecular weight excluding hydrogens is 420 g/mol. The minimum atomic E-state index is -0.972. The summed E-state index contributed by atoms with van der Waals surface area (Å²) >= 11 is 0. The number of nitrogens with zero attached hydrogens (tertiary/aromatic N) is 3. The fourth-order valence-corrected chi connectivity index (χ4v) is 3.32. The Morgan fingerprint density at radius 1 is 1.06 bits per heavy atom. The number of hydrogen-bond acceptors (Lipinski definition) is 7. The molecule has 2 N–H and O–H groups in total. The standard InChI is InChI=1S/C25H24N4O4/c1-17-21(28-23(33-17)19-6-3-2-4-7-19)12-15-32-20-10-8-18(9-11-20)16-22(24(30)31)29-25-26-13-5-14-27-25/h2-11,13-14,22H,12,15-16H2,1H3,(H,30,31)(H,26,27,29)/t22-/m0/s1. The molecule has 2 aromatic carbocycles. The van der Waals surface area contributed by atoms with Crippen molar-refractivity contribution in [3.63, 3.8) is 0 Å². The van der Waals surface area contributed by atoms with Crippen LogP contribution in [-0.2, 0) is 17.6 Å². The van der Waals surface area contributed by atoms with Crippen LogP contribution in [0.1, 0.15) is 17.0 Å². The van der Waals surface area contributed by atoms with Gasteiger partial charge in [-0.15, -0.1) is 0 Å². The average Bonchev–Trinajstić information content (AvgIpc) is 3.21. The third kappa shape index (κ3) is 5.94. The number of carboxylic acid groups (broad SMARTS) is 1. The molecule has 0 aliphatic carbocycles. The maximum absolute atomic E-state index is 11.6. The van der Waals surface area contributed by atoms with Gasteiger partial charge in [-0.2, -0.15) is 0 Å². The van der Waals surface area contributed by atoms with Crippen molar-refractivity contribution in [3.8, 4) is 17.2 Å². The molecule has 4 aromatic rings. The Balaban J connectivity index is 1.31. The molecule has 0 radical (unpaired) electrons. The van der Waals surface area contributed by atoms with Crippen LogP contribution < -0.4 is 10.1 Å². The van der Waals surface area contributed by atoms with Crippen LogP contribution in [0, 0.1) is 6.92 Å². The molecule has 0 aliphatic heterocycles. The van der Waals surface area contributed by atoms with Gasteiger partial charge in [0.1, 0.15) is 17.6 Å². The number of benzene rings is 2. The fourth-order valence-electron chi connectivity index (χ4n) is 3.32. The molecule has 0 fully saturated rings. The number of aryl methyl sites for hydroxylation is 1. The average molecular weight is 444 g/mol. The van der Waals surface area contributed by atoms with Gasteiger partial charge in [-0.1, -0.05) is 30.3 Å². The van der Waals surface area contributed by atoms with Gasteiger partial charge in [0.05, 0.1) is 12.3 Å². The van der Waals surface area contributed by atoms with Gasteiger partial charge in [0, 0.05) is 30.8 Å². The first kappa shape index (κ1) is 22.0. The van der Waals surface area contributed by atoms with E-state index in [0.717, 1.165) is 22.6 Å². The maximum atomic E-state index is 11.6. The van der Waals surface area contributed by atoms with Crippen LogP contribution >= 0.6 is 0 Å². The summed E-state index contributed by atoms with van der Waals surface area (Å²) in [6, 6.07) is 18.0. The van der Waals surface area contributed by atoms with Crippen LogP contribution in [0.25, 0.3) is 11.5 Å². The van der Waals surface area contributed by atoms with Crippen LogP contribution in [-0.4, -0.2) is 38.7 Å². The molecule has 0 spiro atoms. The zero-order valence-electron chi connectivity index (χ0n) is 18.1. The smallest absolute Gasteiger partial charge is 0.326 e. The van der Waals surface area contributed by atoms with E-state index < -0.39 is 12.0 Å². The maximum Gasteiger partial charge on any atom is 0.326 e. The van der Waals surface area contributed by atoms with Gasteiger partial charge in [0.2, 0.25) is 11.8 Å². The van der Waals surface area contributed by atoms with Crippen LogP contribution in [0.5, 0.6) is 5.75 Å². The molecular formula is C25H24N4O4.